The lowest BCUT2D eigenvalue weighted by molar-refractivity contribution is -0.136. The largest absolute Gasteiger partial charge is 0.378 e. The van der Waals surface area contributed by atoms with E-state index in [2.05, 4.69) is 5.32 Å². The highest BCUT2D eigenvalue weighted by Gasteiger charge is 2.18. The SMILES string of the molecule is Cc1cc(NC(=O)c2ccc(CN(C)CC(=O)N3CCOCC3)cc2)ccc1Cl. The summed E-state index contributed by atoms with van der Waals surface area (Å²) in [7, 11) is 1.92. The van der Waals surface area contributed by atoms with E-state index in [1.54, 1.807) is 24.3 Å². The predicted molar refractivity (Wildman–Crippen MR) is 114 cm³/mol. The monoisotopic (exact) mass is 415 g/mol. The Morgan fingerprint density at radius 3 is 2.48 bits per heavy atom. The van der Waals surface area contributed by atoms with Gasteiger partial charge < -0.3 is 15.0 Å². The summed E-state index contributed by atoms with van der Waals surface area (Å²) in [4.78, 5) is 28.6. The molecule has 1 heterocycles. The molecule has 1 aliphatic heterocycles. The van der Waals surface area contributed by atoms with E-state index in [-0.39, 0.29) is 11.8 Å². The normalized spacial score (nSPS) is 14.1. The first-order chi connectivity index (χ1) is 13.9. The van der Waals surface area contributed by atoms with Crippen LogP contribution in [0.25, 0.3) is 0 Å². The Hall–Kier alpha value is -2.41. The number of likely N-dealkylation sites (N-methyl/N-ethyl adjacent to an activating group) is 1. The summed E-state index contributed by atoms with van der Waals surface area (Å²) in [5.74, 6) is -0.0563. The van der Waals surface area contributed by atoms with Crippen molar-refractivity contribution in [2.24, 2.45) is 0 Å². The maximum absolute atomic E-state index is 12.4. The molecular weight excluding hydrogens is 390 g/mol. The van der Waals surface area contributed by atoms with Crippen LogP contribution < -0.4 is 5.32 Å². The highest BCUT2D eigenvalue weighted by molar-refractivity contribution is 6.31. The van der Waals surface area contributed by atoms with E-state index in [9.17, 15) is 9.59 Å². The number of rotatable bonds is 6. The van der Waals surface area contributed by atoms with Crippen LogP contribution in [0.1, 0.15) is 21.5 Å². The van der Waals surface area contributed by atoms with Crippen LogP contribution in [0.5, 0.6) is 0 Å². The molecule has 0 bridgehead atoms. The average Bonchev–Trinajstić information content (AvgIpc) is 2.72. The third-order valence-electron chi connectivity index (χ3n) is 4.85. The Kier molecular flexibility index (Phi) is 7.25. The molecule has 3 rings (SSSR count). The van der Waals surface area contributed by atoms with Gasteiger partial charge in [0.1, 0.15) is 0 Å². The van der Waals surface area contributed by atoms with Crippen molar-refractivity contribution in [1.82, 2.24) is 9.80 Å². The van der Waals surface area contributed by atoms with Crippen LogP contribution in [0.4, 0.5) is 5.69 Å². The summed E-state index contributed by atoms with van der Waals surface area (Å²) < 4.78 is 5.28. The molecule has 0 radical (unpaired) electrons. The van der Waals surface area contributed by atoms with E-state index in [0.29, 0.717) is 55.7 Å². The molecule has 0 atom stereocenters. The fourth-order valence-corrected chi connectivity index (χ4v) is 3.32. The van der Waals surface area contributed by atoms with Gasteiger partial charge in [-0.2, -0.15) is 0 Å². The zero-order valence-electron chi connectivity index (χ0n) is 16.8. The third-order valence-corrected chi connectivity index (χ3v) is 5.28. The van der Waals surface area contributed by atoms with Crippen molar-refractivity contribution in [3.8, 4) is 0 Å². The molecule has 1 saturated heterocycles. The number of hydrogen-bond acceptors (Lipinski definition) is 4. The summed E-state index contributed by atoms with van der Waals surface area (Å²) in [6, 6.07) is 12.8. The molecule has 6 nitrogen and oxygen atoms in total. The summed E-state index contributed by atoms with van der Waals surface area (Å²) in [5, 5.41) is 3.55. The van der Waals surface area contributed by atoms with Gasteiger partial charge >= 0.3 is 0 Å². The van der Waals surface area contributed by atoms with Gasteiger partial charge in [-0.25, -0.2) is 0 Å². The molecule has 1 fully saturated rings. The minimum Gasteiger partial charge on any atom is -0.378 e. The van der Waals surface area contributed by atoms with Gasteiger partial charge in [-0.15, -0.1) is 0 Å². The van der Waals surface area contributed by atoms with Crippen LogP contribution in [0, 0.1) is 6.92 Å². The Balaban J connectivity index is 1.52. The van der Waals surface area contributed by atoms with Crippen molar-refractivity contribution >= 4 is 29.1 Å². The van der Waals surface area contributed by atoms with Crippen LogP contribution in [0.15, 0.2) is 42.5 Å². The number of amides is 2. The Bertz CT molecular complexity index is 864. The molecule has 2 aromatic rings. The second-order valence-electron chi connectivity index (χ2n) is 7.28. The van der Waals surface area contributed by atoms with Gasteiger partial charge in [-0.1, -0.05) is 23.7 Å². The standard InChI is InChI=1S/C22H26ClN3O3/c1-16-13-19(7-8-20(16)23)24-22(28)18-5-3-17(4-6-18)14-25(2)15-21(27)26-9-11-29-12-10-26/h3-8,13H,9-12,14-15H2,1-2H3,(H,24,28). The van der Waals surface area contributed by atoms with Gasteiger partial charge in [0.15, 0.2) is 0 Å². The van der Waals surface area contributed by atoms with E-state index >= 15 is 0 Å². The highest BCUT2D eigenvalue weighted by Crippen LogP contribution is 2.20. The molecule has 2 aromatic carbocycles. The van der Waals surface area contributed by atoms with E-state index in [0.717, 1.165) is 11.1 Å². The molecule has 0 aromatic heterocycles. The number of aryl methyl sites for hydroxylation is 1. The molecule has 0 saturated carbocycles. The van der Waals surface area contributed by atoms with Gasteiger partial charge in [0.05, 0.1) is 19.8 Å². The number of ether oxygens (including phenoxy) is 1. The predicted octanol–water partition coefficient (Wildman–Crippen LogP) is 3.19. The molecule has 1 aliphatic rings. The fraction of sp³-hybridized carbons (Fsp3) is 0.364. The first-order valence-electron chi connectivity index (χ1n) is 9.63. The van der Waals surface area contributed by atoms with Crippen molar-refractivity contribution in [3.63, 3.8) is 0 Å². The summed E-state index contributed by atoms with van der Waals surface area (Å²) in [6.07, 6.45) is 0. The van der Waals surface area contributed by atoms with Gasteiger partial charge in [0.2, 0.25) is 5.91 Å². The lowest BCUT2D eigenvalue weighted by atomic mass is 10.1. The van der Waals surface area contributed by atoms with Gasteiger partial charge in [0, 0.05) is 35.9 Å². The molecule has 0 aliphatic carbocycles. The van der Waals surface area contributed by atoms with Crippen LogP contribution in [0.2, 0.25) is 5.02 Å². The zero-order chi connectivity index (χ0) is 20.8. The number of hydrogen-bond donors (Lipinski definition) is 1. The number of nitrogens with zero attached hydrogens (tertiary/aromatic N) is 2. The first-order valence-corrected chi connectivity index (χ1v) is 10.0. The molecule has 0 unspecified atom stereocenters. The number of morpholine rings is 1. The highest BCUT2D eigenvalue weighted by atomic mass is 35.5. The maximum Gasteiger partial charge on any atom is 0.255 e. The molecule has 7 heteroatoms. The lowest BCUT2D eigenvalue weighted by Crippen LogP contribution is -2.44. The maximum atomic E-state index is 12.4. The molecule has 1 N–H and O–H groups in total. The Labute approximate surface area is 176 Å². The number of carbonyl (C=O) groups is 2. The van der Waals surface area contributed by atoms with Crippen LogP contribution in [-0.4, -0.2) is 61.5 Å². The van der Waals surface area contributed by atoms with Gasteiger partial charge in [-0.05, 0) is 55.4 Å². The minimum absolute atomic E-state index is 0.116. The van der Waals surface area contributed by atoms with Crippen molar-refractivity contribution in [1.29, 1.82) is 0 Å². The second kappa shape index (κ2) is 9.87. The Morgan fingerprint density at radius 2 is 1.83 bits per heavy atom. The fourth-order valence-electron chi connectivity index (χ4n) is 3.20. The quantitative estimate of drug-likeness (QED) is 0.787. The van der Waals surface area contributed by atoms with E-state index in [1.165, 1.54) is 0 Å². The molecule has 2 amide bonds. The summed E-state index contributed by atoms with van der Waals surface area (Å²) in [5.41, 5.74) is 3.24. The van der Waals surface area contributed by atoms with Crippen LogP contribution >= 0.6 is 11.6 Å². The molecule has 29 heavy (non-hydrogen) atoms. The number of halogens is 1. The number of benzene rings is 2. The Morgan fingerprint density at radius 1 is 1.14 bits per heavy atom. The van der Waals surface area contributed by atoms with Crippen molar-refractivity contribution in [3.05, 3.63) is 64.2 Å². The first kappa shape index (κ1) is 21.3. The van der Waals surface area contributed by atoms with E-state index in [4.69, 9.17) is 16.3 Å². The van der Waals surface area contributed by atoms with Crippen molar-refractivity contribution in [2.75, 3.05) is 45.2 Å². The summed E-state index contributed by atoms with van der Waals surface area (Å²) >= 11 is 6.02. The van der Waals surface area contributed by atoms with Crippen molar-refractivity contribution < 1.29 is 14.3 Å². The summed E-state index contributed by atoms with van der Waals surface area (Å²) in [6.45, 7) is 5.41. The van der Waals surface area contributed by atoms with E-state index in [1.807, 2.05) is 42.0 Å². The number of anilines is 1. The number of nitrogens with one attached hydrogen (secondary N) is 1. The van der Waals surface area contributed by atoms with Gasteiger partial charge in [0.25, 0.3) is 5.91 Å². The van der Waals surface area contributed by atoms with E-state index < -0.39 is 0 Å². The molecular formula is C22H26ClN3O3. The number of carbonyl (C=O) groups excluding carboxylic acids is 2. The zero-order valence-corrected chi connectivity index (χ0v) is 17.5. The smallest absolute Gasteiger partial charge is 0.255 e. The topological polar surface area (TPSA) is 61.9 Å². The lowest BCUT2D eigenvalue weighted by Gasteiger charge is -2.28. The molecule has 0 spiro atoms. The minimum atomic E-state index is -0.172. The van der Waals surface area contributed by atoms with Crippen LogP contribution in [-0.2, 0) is 16.1 Å². The van der Waals surface area contributed by atoms with Gasteiger partial charge in [-0.3, -0.25) is 14.5 Å². The second-order valence-corrected chi connectivity index (χ2v) is 7.69. The molecule has 154 valence electrons. The average molecular weight is 416 g/mol. The third kappa shape index (κ3) is 6.03. The van der Waals surface area contributed by atoms with Crippen molar-refractivity contribution in [2.45, 2.75) is 13.5 Å². The van der Waals surface area contributed by atoms with Crippen LogP contribution in [0.3, 0.4) is 0 Å².